The van der Waals surface area contributed by atoms with E-state index in [0.29, 0.717) is 59.0 Å². The van der Waals surface area contributed by atoms with E-state index in [1.807, 2.05) is 0 Å². The molecule has 0 fully saturated rings. The average Bonchev–Trinajstić information content (AvgIpc) is 3.35. The molecule has 5 N–H and O–H groups in total. The van der Waals surface area contributed by atoms with Gasteiger partial charge in [-0.05, 0) is 69.6 Å². The normalized spacial score (nSPS) is 11.4. The summed E-state index contributed by atoms with van der Waals surface area (Å²) in [5.41, 5.74) is 0. The maximum atomic E-state index is 12.4. The lowest BCUT2D eigenvalue weighted by molar-refractivity contribution is -0.144. The molecule has 0 aliphatic carbocycles. The number of aliphatic carboxylic acids is 3. The van der Waals surface area contributed by atoms with Crippen LogP contribution in [0.25, 0.3) is 0 Å². The van der Waals surface area contributed by atoms with Crippen LogP contribution in [0.3, 0.4) is 0 Å². The zero-order valence-corrected chi connectivity index (χ0v) is 49.7. The fraction of sp³-hybridized carbons (Fsp3) is 0.880. The number of unbranched alkanes of at least 4 members (excludes halogenated alkanes) is 16. The molecule has 0 aliphatic heterocycles. The zero-order chi connectivity index (χ0) is 53.9. The molecule has 2 atom stereocenters. The van der Waals surface area contributed by atoms with Crippen molar-refractivity contribution in [2.24, 2.45) is 11.8 Å². The van der Waals surface area contributed by atoms with Gasteiger partial charge in [-0.2, -0.15) is 0 Å². The van der Waals surface area contributed by atoms with Crippen molar-refractivity contribution in [2.45, 2.75) is 167 Å². The van der Waals surface area contributed by atoms with E-state index >= 15 is 0 Å². The van der Waals surface area contributed by atoms with Crippen LogP contribution in [0.2, 0.25) is 0 Å². The fourth-order valence-corrected chi connectivity index (χ4v) is 6.36. The van der Waals surface area contributed by atoms with Crippen LogP contribution in [0.5, 0.6) is 0 Å². The minimum absolute atomic E-state index is 0.0314. The topological polar surface area (TPSA) is 224 Å². The molecule has 0 heterocycles. The van der Waals surface area contributed by atoms with E-state index in [1.54, 1.807) is 71.7 Å². The summed E-state index contributed by atoms with van der Waals surface area (Å²) in [6, 6.07) is 0. The predicted octanol–water partition coefficient (Wildman–Crippen LogP) is 12.0. The standard InChI is InChI=1S/C44H80N2O13.3C2H6S2/c1-37(43(52)53)20-18-19-26-45-41(49)25-28-56-30-32-58-34-35-59-33-31-57-29-27-46-40(48)24-23-38(44(54)55)36-39(47)21-16-14-12-10-8-6-4-2-3-5-7-9-11-13-15-17-22-42(50)51;3*1-3-4-2/h37-38H,2-36H2,1H3,(H,45,49)(H,46,48)(H,50,51)(H,52,53)(H,54,55);3*1-2H3/t37-,38+;;;/m0.../s1. The third-order valence-electron chi connectivity index (χ3n) is 10.6. The number of carbonyl (C=O) groups is 6. The Morgan fingerprint density at radius 3 is 1.15 bits per heavy atom. The van der Waals surface area contributed by atoms with Crippen LogP contribution in [0, 0.1) is 11.8 Å². The van der Waals surface area contributed by atoms with Gasteiger partial charge in [0.2, 0.25) is 11.8 Å². The summed E-state index contributed by atoms with van der Waals surface area (Å²) in [6.45, 7) is 5.26. The second kappa shape index (κ2) is 65.1. The summed E-state index contributed by atoms with van der Waals surface area (Å²) in [4.78, 5) is 69.5. The summed E-state index contributed by atoms with van der Waals surface area (Å²) in [7, 11) is 10.6. The molecule has 0 aromatic heterocycles. The van der Waals surface area contributed by atoms with Crippen LogP contribution in [-0.4, -0.2) is 154 Å². The van der Waals surface area contributed by atoms with E-state index in [2.05, 4.69) is 48.2 Å². The lowest BCUT2D eigenvalue weighted by Gasteiger charge is -2.12. The highest BCUT2D eigenvalue weighted by molar-refractivity contribution is 8.76. The predicted molar refractivity (Wildman–Crippen MR) is 306 cm³/mol. The minimum Gasteiger partial charge on any atom is -0.481 e. The Balaban J connectivity index is -0.00000166. The Bertz CT molecular complexity index is 1200. The molecule has 0 spiro atoms. The Kier molecular flexibility index (Phi) is 70.1. The minimum atomic E-state index is -1.05. The molecule has 0 radical (unpaired) electrons. The number of amides is 2. The van der Waals surface area contributed by atoms with Gasteiger partial charge >= 0.3 is 17.9 Å². The van der Waals surface area contributed by atoms with Crippen molar-refractivity contribution < 1.29 is 63.0 Å². The van der Waals surface area contributed by atoms with Gasteiger partial charge in [0.1, 0.15) is 5.78 Å². The highest BCUT2D eigenvalue weighted by Crippen LogP contribution is 2.18. The van der Waals surface area contributed by atoms with Crippen LogP contribution in [0.1, 0.15) is 167 Å². The van der Waals surface area contributed by atoms with Gasteiger partial charge in [0.05, 0.1) is 64.7 Å². The first-order valence-electron chi connectivity index (χ1n) is 25.5. The van der Waals surface area contributed by atoms with Crippen molar-refractivity contribution in [3.8, 4) is 0 Å². The Labute approximate surface area is 453 Å². The lowest BCUT2D eigenvalue weighted by atomic mass is 9.94. The third-order valence-corrected chi connectivity index (χ3v) is 14.6. The van der Waals surface area contributed by atoms with Gasteiger partial charge in [0.15, 0.2) is 0 Å². The molecule has 0 rings (SSSR count). The SMILES string of the molecule is CSSC.CSSC.CSSC.C[C@@H](CCCCNC(=O)CCOCCOCCOCCOCCNC(=O)CC[C@H](CC(=O)CCCCCCCCCCCCCCCCCCC(=O)O)C(=O)O)C(=O)O. The molecule has 0 saturated heterocycles. The highest BCUT2D eigenvalue weighted by atomic mass is 33.1. The number of Topliss-reactive ketones (excluding diaryl/α,β-unsaturated/α-hetero) is 1. The summed E-state index contributed by atoms with van der Waals surface area (Å²) in [6.07, 6.45) is 33.7. The van der Waals surface area contributed by atoms with Gasteiger partial charge in [-0.25, -0.2) is 0 Å². The molecule has 0 aromatic carbocycles. The molecule has 0 saturated carbocycles. The number of hydrogen-bond donors (Lipinski definition) is 5. The second-order valence-electron chi connectivity index (χ2n) is 16.5. The van der Waals surface area contributed by atoms with Crippen LogP contribution in [0.4, 0.5) is 0 Å². The van der Waals surface area contributed by atoms with E-state index in [0.717, 1.165) is 57.8 Å². The van der Waals surface area contributed by atoms with Crippen molar-refractivity contribution in [1.29, 1.82) is 0 Å². The Hall–Kier alpha value is -1.04. The van der Waals surface area contributed by atoms with Crippen LogP contribution < -0.4 is 10.6 Å². The highest BCUT2D eigenvalue weighted by Gasteiger charge is 2.22. The second-order valence-corrected chi connectivity index (χ2v) is 24.5. The molecule has 0 aromatic rings. The average molecular weight is 1130 g/mol. The Morgan fingerprint density at radius 2 is 0.761 bits per heavy atom. The van der Waals surface area contributed by atoms with Crippen LogP contribution in [-0.2, 0) is 47.7 Å². The van der Waals surface area contributed by atoms with Crippen molar-refractivity contribution >= 4 is 100 Å². The number of rotatable bonds is 49. The zero-order valence-electron chi connectivity index (χ0n) is 44.8. The number of carbonyl (C=O) groups excluding carboxylic acids is 3. The summed E-state index contributed by atoms with van der Waals surface area (Å²) in [5.74, 6) is -4.22. The maximum Gasteiger partial charge on any atom is 0.306 e. The summed E-state index contributed by atoms with van der Waals surface area (Å²) in [5, 5.41) is 32.6. The molecule has 0 aliphatic rings. The van der Waals surface area contributed by atoms with Gasteiger partial charge in [-0.1, -0.05) is 168 Å². The number of ether oxygens (including phenoxy) is 4. The lowest BCUT2D eigenvalue weighted by Crippen LogP contribution is -2.29. The molecule has 15 nitrogen and oxygen atoms in total. The fourth-order valence-electron chi connectivity index (χ4n) is 6.36. The number of nitrogens with one attached hydrogen (secondary N) is 2. The number of ketones is 1. The van der Waals surface area contributed by atoms with E-state index in [-0.39, 0.29) is 75.4 Å². The van der Waals surface area contributed by atoms with Gasteiger partial charge in [-0.3, -0.25) is 28.8 Å². The van der Waals surface area contributed by atoms with Crippen LogP contribution in [0.15, 0.2) is 0 Å². The van der Waals surface area contributed by atoms with Crippen LogP contribution >= 0.6 is 64.8 Å². The Morgan fingerprint density at radius 1 is 0.394 bits per heavy atom. The van der Waals surface area contributed by atoms with Crippen molar-refractivity contribution in [3.05, 3.63) is 0 Å². The molecule has 0 unspecified atom stereocenters. The van der Waals surface area contributed by atoms with Gasteiger partial charge in [-0.15, -0.1) is 0 Å². The quantitative estimate of drug-likeness (QED) is 0.0282. The molecular weight excluding hydrogens is 1030 g/mol. The van der Waals surface area contributed by atoms with Gasteiger partial charge in [0, 0.05) is 45.2 Å². The largest absolute Gasteiger partial charge is 0.481 e. The van der Waals surface area contributed by atoms with Gasteiger partial charge < -0.3 is 44.9 Å². The van der Waals surface area contributed by atoms with E-state index in [4.69, 9.17) is 29.2 Å². The van der Waals surface area contributed by atoms with Crippen molar-refractivity contribution in [1.82, 2.24) is 10.6 Å². The summed E-state index contributed by atoms with van der Waals surface area (Å²) >= 11 is 0. The first-order valence-corrected chi connectivity index (χ1v) is 34.4. The van der Waals surface area contributed by atoms with E-state index in [1.165, 1.54) is 57.8 Å². The number of carboxylic acid groups (broad SMARTS) is 3. The number of carboxylic acids is 3. The molecule has 21 heteroatoms. The molecule has 2 amide bonds. The van der Waals surface area contributed by atoms with Crippen molar-refractivity contribution in [3.63, 3.8) is 0 Å². The van der Waals surface area contributed by atoms with E-state index < -0.39 is 23.8 Å². The number of hydrogen-bond acceptors (Lipinski definition) is 16. The smallest absolute Gasteiger partial charge is 0.306 e. The maximum absolute atomic E-state index is 12.4. The molecular formula is C50H98N2O13S6. The first kappa shape index (κ1) is 76.5. The molecule has 422 valence electrons. The third kappa shape index (κ3) is 71.1. The van der Waals surface area contributed by atoms with Gasteiger partial charge in [0.25, 0.3) is 0 Å². The monoisotopic (exact) mass is 1130 g/mol. The first-order chi connectivity index (χ1) is 34.3. The molecule has 0 bridgehead atoms. The summed E-state index contributed by atoms with van der Waals surface area (Å²) < 4.78 is 21.7. The van der Waals surface area contributed by atoms with E-state index in [9.17, 15) is 33.9 Å². The van der Waals surface area contributed by atoms with Crippen molar-refractivity contribution in [2.75, 3.05) is 103 Å². The molecule has 71 heavy (non-hydrogen) atoms.